The van der Waals surface area contributed by atoms with E-state index in [2.05, 4.69) is 20.8 Å². The lowest BCUT2D eigenvalue weighted by atomic mass is 9.89. The predicted molar refractivity (Wildman–Crippen MR) is 69.7 cm³/mol. The third-order valence-corrected chi connectivity index (χ3v) is 3.48. The Bertz CT molecular complexity index is 278. The van der Waals surface area contributed by atoms with Crippen LogP contribution in [0.4, 0.5) is 0 Å². The maximum Gasteiger partial charge on any atom is 0.223 e. The van der Waals surface area contributed by atoms with E-state index in [-0.39, 0.29) is 17.6 Å². The molecule has 0 aliphatic carbocycles. The monoisotopic (exact) mass is 241 g/mol. The quantitative estimate of drug-likeness (QED) is 0.825. The van der Waals surface area contributed by atoms with Gasteiger partial charge in [-0.15, -0.1) is 0 Å². The number of amides is 1. The molecule has 1 unspecified atom stereocenters. The maximum absolute atomic E-state index is 12.1. The molecule has 1 atom stereocenters. The number of aliphatic hydroxyl groups excluding tert-OH is 1. The largest absolute Gasteiger partial charge is 0.391 e. The zero-order chi connectivity index (χ0) is 13.3. The van der Waals surface area contributed by atoms with Crippen molar-refractivity contribution in [2.75, 3.05) is 6.54 Å². The van der Waals surface area contributed by atoms with Gasteiger partial charge in [0.05, 0.1) is 6.10 Å². The average molecular weight is 241 g/mol. The van der Waals surface area contributed by atoms with Crippen LogP contribution in [0, 0.1) is 5.41 Å². The molecule has 0 radical (unpaired) electrons. The van der Waals surface area contributed by atoms with Crippen molar-refractivity contribution < 1.29 is 9.90 Å². The summed E-state index contributed by atoms with van der Waals surface area (Å²) in [4.78, 5) is 14.0. The molecule has 3 heteroatoms. The minimum atomic E-state index is -0.350. The summed E-state index contributed by atoms with van der Waals surface area (Å²) in [7, 11) is 0. The second-order valence-electron chi connectivity index (χ2n) is 7.09. The highest BCUT2D eigenvalue weighted by Crippen LogP contribution is 2.30. The molecule has 0 aromatic rings. The van der Waals surface area contributed by atoms with Gasteiger partial charge < -0.3 is 10.0 Å². The topological polar surface area (TPSA) is 40.5 Å². The molecule has 0 saturated carbocycles. The number of β-amino-alcohol motifs (C(OH)–C–C–N with tert-alkyl or cyclic N) is 1. The summed E-state index contributed by atoms with van der Waals surface area (Å²) < 4.78 is 0. The van der Waals surface area contributed by atoms with Gasteiger partial charge in [0.2, 0.25) is 5.91 Å². The van der Waals surface area contributed by atoms with Crippen LogP contribution in [0.2, 0.25) is 0 Å². The summed E-state index contributed by atoms with van der Waals surface area (Å²) >= 11 is 0. The van der Waals surface area contributed by atoms with E-state index >= 15 is 0 Å². The van der Waals surface area contributed by atoms with Crippen LogP contribution in [0.3, 0.4) is 0 Å². The number of carbonyl (C=O) groups excluding carboxylic acids is 1. The Morgan fingerprint density at radius 2 is 2.00 bits per heavy atom. The van der Waals surface area contributed by atoms with Crippen molar-refractivity contribution in [2.45, 2.75) is 71.9 Å². The minimum absolute atomic E-state index is 0.182. The van der Waals surface area contributed by atoms with Crippen molar-refractivity contribution in [1.82, 2.24) is 4.90 Å². The van der Waals surface area contributed by atoms with E-state index in [0.29, 0.717) is 24.8 Å². The van der Waals surface area contributed by atoms with E-state index in [1.165, 1.54) is 0 Å². The van der Waals surface area contributed by atoms with Crippen molar-refractivity contribution in [2.24, 2.45) is 5.41 Å². The van der Waals surface area contributed by atoms with E-state index in [1.807, 2.05) is 18.7 Å². The molecule has 1 heterocycles. The molecule has 1 N–H and O–H groups in total. The highest BCUT2D eigenvalue weighted by atomic mass is 16.3. The molecular formula is C14H27NO2. The van der Waals surface area contributed by atoms with Crippen LogP contribution in [0.5, 0.6) is 0 Å². The maximum atomic E-state index is 12.1. The Labute approximate surface area is 105 Å². The van der Waals surface area contributed by atoms with Crippen molar-refractivity contribution in [3.8, 4) is 0 Å². The van der Waals surface area contributed by atoms with Gasteiger partial charge in [-0.3, -0.25) is 4.79 Å². The van der Waals surface area contributed by atoms with Crippen molar-refractivity contribution in [3.05, 3.63) is 0 Å². The highest BCUT2D eigenvalue weighted by Gasteiger charge is 2.39. The molecule has 17 heavy (non-hydrogen) atoms. The van der Waals surface area contributed by atoms with Crippen LogP contribution in [-0.2, 0) is 4.79 Å². The van der Waals surface area contributed by atoms with Gasteiger partial charge in [0.25, 0.3) is 0 Å². The zero-order valence-corrected chi connectivity index (χ0v) is 11.9. The minimum Gasteiger partial charge on any atom is -0.391 e. The standard InChI is InChI=1S/C14H27NO2/c1-13(2,3)8-6-7-12(17)15-10-11(16)9-14(15,4)5/h11,16H,6-10H2,1-5H3. The molecule has 0 bridgehead atoms. The fraction of sp³-hybridized carbons (Fsp3) is 0.929. The Hall–Kier alpha value is -0.570. The van der Waals surface area contributed by atoms with Gasteiger partial charge >= 0.3 is 0 Å². The lowest BCUT2D eigenvalue weighted by molar-refractivity contribution is -0.134. The highest BCUT2D eigenvalue weighted by molar-refractivity contribution is 5.77. The van der Waals surface area contributed by atoms with Gasteiger partial charge in [-0.05, 0) is 38.5 Å². The molecule has 0 aromatic carbocycles. The second-order valence-corrected chi connectivity index (χ2v) is 7.09. The van der Waals surface area contributed by atoms with Gasteiger partial charge in [0, 0.05) is 18.5 Å². The van der Waals surface area contributed by atoms with Crippen LogP contribution < -0.4 is 0 Å². The molecule has 100 valence electrons. The Balaban J connectivity index is 2.43. The molecule has 1 aliphatic rings. The molecule has 1 amide bonds. The lowest BCUT2D eigenvalue weighted by Crippen LogP contribution is -2.42. The van der Waals surface area contributed by atoms with Crippen molar-refractivity contribution in [1.29, 1.82) is 0 Å². The van der Waals surface area contributed by atoms with Crippen LogP contribution >= 0.6 is 0 Å². The summed E-state index contributed by atoms with van der Waals surface area (Å²) in [6, 6.07) is 0. The summed E-state index contributed by atoms with van der Waals surface area (Å²) in [6.45, 7) is 11.2. The molecule has 0 aromatic heterocycles. The number of aliphatic hydroxyl groups is 1. The van der Waals surface area contributed by atoms with Crippen LogP contribution in [-0.4, -0.2) is 34.1 Å². The number of hydrogen-bond donors (Lipinski definition) is 1. The Morgan fingerprint density at radius 3 is 2.41 bits per heavy atom. The fourth-order valence-corrected chi connectivity index (χ4v) is 2.55. The first kappa shape index (κ1) is 14.5. The Morgan fingerprint density at radius 1 is 1.41 bits per heavy atom. The SMILES string of the molecule is CC(C)(C)CCCC(=O)N1CC(O)CC1(C)C. The van der Waals surface area contributed by atoms with Crippen molar-refractivity contribution in [3.63, 3.8) is 0 Å². The van der Waals surface area contributed by atoms with Gasteiger partial charge in [-0.2, -0.15) is 0 Å². The van der Waals surface area contributed by atoms with Gasteiger partial charge in [0.15, 0.2) is 0 Å². The number of carbonyl (C=O) groups is 1. The number of hydrogen-bond acceptors (Lipinski definition) is 2. The number of rotatable bonds is 3. The van der Waals surface area contributed by atoms with Crippen LogP contribution in [0.1, 0.15) is 60.3 Å². The molecule has 1 saturated heterocycles. The number of likely N-dealkylation sites (tertiary alicyclic amines) is 1. The third kappa shape index (κ3) is 4.30. The molecule has 0 spiro atoms. The van der Waals surface area contributed by atoms with Gasteiger partial charge in [-0.25, -0.2) is 0 Å². The summed E-state index contributed by atoms with van der Waals surface area (Å²) in [5.41, 5.74) is 0.110. The van der Waals surface area contributed by atoms with Gasteiger partial charge in [-0.1, -0.05) is 20.8 Å². The summed E-state index contributed by atoms with van der Waals surface area (Å²) in [5, 5.41) is 9.64. The van der Waals surface area contributed by atoms with E-state index in [1.54, 1.807) is 0 Å². The second kappa shape index (κ2) is 4.97. The van der Waals surface area contributed by atoms with E-state index in [0.717, 1.165) is 12.8 Å². The molecule has 1 fully saturated rings. The Kier molecular flexibility index (Phi) is 4.23. The smallest absolute Gasteiger partial charge is 0.223 e. The first-order valence-electron chi connectivity index (χ1n) is 6.60. The first-order chi connectivity index (χ1) is 7.62. The predicted octanol–water partition coefficient (Wildman–Crippen LogP) is 2.57. The lowest BCUT2D eigenvalue weighted by Gasteiger charge is -2.31. The molecule has 1 aliphatic heterocycles. The van der Waals surface area contributed by atoms with Crippen LogP contribution in [0.15, 0.2) is 0 Å². The average Bonchev–Trinajstić information content (AvgIpc) is 2.36. The van der Waals surface area contributed by atoms with E-state index in [9.17, 15) is 9.90 Å². The number of nitrogens with zero attached hydrogens (tertiary/aromatic N) is 1. The molecule has 1 rings (SSSR count). The van der Waals surface area contributed by atoms with E-state index < -0.39 is 0 Å². The van der Waals surface area contributed by atoms with Gasteiger partial charge in [0.1, 0.15) is 0 Å². The third-order valence-electron chi connectivity index (χ3n) is 3.48. The summed E-state index contributed by atoms with van der Waals surface area (Å²) in [6.07, 6.45) is 2.95. The zero-order valence-electron chi connectivity index (χ0n) is 11.9. The summed E-state index contributed by atoms with van der Waals surface area (Å²) in [5.74, 6) is 0.191. The normalized spacial score (nSPS) is 24.1. The molecular weight excluding hydrogens is 214 g/mol. The first-order valence-corrected chi connectivity index (χ1v) is 6.60. The molecule has 3 nitrogen and oxygen atoms in total. The van der Waals surface area contributed by atoms with Crippen molar-refractivity contribution >= 4 is 5.91 Å². The van der Waals surface area contributed by atoms with Crippen LogP contribution in [0.25, 0.3) is 0 Å². The van der Waals surface area contributed by atoms with E-state index in [4.69, 9.17) is 0 Å². The fourth-order valence-electron chi connectivity index (χ4n) is 2.55.